The summed E-state index contributed by atoms with van der Waals surface area (Å²) in [6, 6.07) is -2.23. The van der Waals surface area contributed by atoms with Crippen LogP contribution in [0.2, 0.25) is 0 Å². The van der Waals surface area contributed by atoms with Gasteiger partial charge in [0.15, 0.2) is 5.78 Å². The van der Waals surface area contributed by atoms with Gasteiger partial charge in [-0.15, -0.1) is 0 Å². The SMILES string of the molecule is CCCCCCCCC1CCNC(C(=O)N[C@H](C(=O)N[C@@H](CCN)C(=O)C(C)C)C(C)O)C1. The number of nitrogens with two attached hydrogens (primary N) is 1. The molecule has 3 unspecified atom stereocenters. The third-order valence-electron chi connectivity index (χ3n) is 6.54. The molecule has 33 heavy (non-hydrogen) atoms. The Morgan fingerprint density at radius 3 is 2.33 bits per heavy atom. The second kappa shape index (κ2) is 16.2. The van der Waals surface area contributed by atoms with Crippen molar-refractivity contribution >= 4 is 17.6 Å². The highest BCUT2D eigenvalue weighted by atomic mass is 16.3. The van der Waals surface area contributed by atoms with Crippen molar-refractivity contribution in [1.29, 1.82) is 0 Å². The second-order valence-corrected chi connectivity index (χ2v) is 9.88. The zero-order valence-corrected chi connectivity index (χ0v) is 21.2. The minimum absolute atomic E-state index is 0.115. The molecule has 2 amide bonds. The molecule has 0 radical (unpaired) electrons. The number of nitrogens with one attached hydrogen (secondary N) is 3. The molecule has 1 rings (SSSR count). The third kappa shape index (κ3) is 11.0. The lowest BCUT2D eigenvalue weighted by Crippen LogP contribution is -2.59. The first-order chi connectivity index (χ1) is 15.7. The van der Waals surface area contributed by atoms with Crippen LogP contribution >= 0.6 is 0 Å². The summed E-state index contributed by atoms with van der Waals surface area (Å²) >= 11 is 0. The lowest BCUT2D eigenvalue weighted by molar-refractivity contribution is -0.135. The summed E-state index contributed by atoms with van der Waals surface area (Å²) in [4.78, 5) is 38.1. The van der Waals surface area contributed by atoms with Crippen molar-refractivity contribution in [2.75, 3.05) is 13.1 Å². The number of ketones is 1. The molecule has 1 fully saturated rings. The first-order valence-corrected chi connectivity index (χ1v) is 13.0. The van der Waals surface area contributed by atoms with E-state index < -0.39 is 24.1 Å². The van der Waals surface area contributed by atoms with Crippen molar-refractivity contribution in [2.45, 2.75) is 116 Å². The van der Waals surface area contributed by atoms with Crippen LogP contribution in [0.5, 0.6) is 0 Å². The van der Waals surface area contributed by atoms with Crippen LogP contribution in [0.25, 0.3) is 0 Å². The summed E-state index contributed by atoms with van der Waals surface area (Å²) in [6.07, 6.45) is 9.67. The Kier molecular flexibility index (Phi) is 14.5. The van der Waals surface area contributed by atoms with Crippen LogP contribution in [0.1, 0.15) is 91.9 Å². The minimum Gasteiger partial charge on any atom is -0.391 e. The Balaban J connectivity index is 2.61. The first-order valence-electron chi connectivity index (χ1n) is 13.0. The molecule has 8 nitrogen and oxygen atoms in total. The van der Waals surface area contributed by atoms with Gasteiger partial charge in [0.25, 0.3) is 0 Å². The Morgan fingerprint density at radius 1 is 1.06 bits per heavy atom. The van der Waals surface area contributed by atoms with E-state index in [1.165, 1.54) is 45.4 Å². The van der Waals surface area contributed by atoms with Crippen LogP contribution in [0, 0.1) is 11.8 Å². The summed E-state index contributed by atoms with van der Waals surface area (Å²) in [5.74, 6) is -0.725. The van der Waals surface area contributed by atoms with Gasteiger partial charge in [-0.05, 0) is 45.2 Å². The maximum atomic E-state index is 12.9. The number of piperidine rings is 1. The smallest absolute Gasteiger partial charge is 0.245 e. The van der Waals surface area contributed by atoms with E-state index >= 15 is 0 Å². The summed E-state index contributed by atoms with van der Waals surface area (Å²) in [6.45, 7) is 8.23. The summed E-state index contributed by atoms with van der Waals surface area (Å²) in [5.41, 5.74) is 5.60. The maximum Gasteiger partial charge on any atom is 0.245 e. The van der Waals surface area contributed by atoms with Crippen LogP contribution in [0.4, 0.5) is 0 Å². The number of aliphatic hydroxyl groups excluding tert-OH is 1. The summed E-state index contributed by atoms with van der Waals surface area (Å²) in [5, 5.41) is 18.8. The highest BCUT2D eigenvalue weighted by molar-refractivity contribution is 5.94. The molecule has 5 atom stereocenters. The number of aliphatic hydroxyl groups is 1. The number of Topliss-reactive ketones (excluding diaryl/α,β-unsaturated/α-hetero) is 1. The number of rotatable bonds is 16. The lowest BCUT2D eigenvalue weighted by Gasteiger charge is -2.31. The monoisotopic (exact) mass is 468 g/mol. The van der Waals surface area contributed by atoms with Gasteiger partial charge in [0, 0.05) is 5.92 Å². The number of amides is 2. The normalized spacial score (nSPS) is 21.3. The first kappa shape index (κ1) is 29.5. The molecule has 1 saturated heterocycles. The molecule has 6 N–H and O–H groups in total. The van der Waals surface area contributed by atoms with Crippen LogP contribution in [0.3, 0.4) is 0 Å². The zero-order chi connectivity index (χ0) is 24.8. The molecule has 192 valence electrons. The molecule has 0 aromatic rings. The Morgan fingerprint density at radius 2 is 1.73 bits per heavy atom. The largest absolute Gasteiger partial charge is 0.391 e. The van der Waals surface area contributed by atoms with E-state index in [1.807, 2.05) is 0 Å². The van der Waals surface area contributed by atoms with Gasteiger partial charge >= 0.3 is 0 Å². The fourth-order valence-corrected chi connectivity index (χ4v) is 4.45. The Bertz CT molecular complexity index is 597. The fraction of sp³-hybridized carbons (Fsp3) is 0.880. The standard InChI is InChI=1S/C25H48N4O4/c1-5-6-7-8-9-10-11-19-13-15-27-21(16-19)24(32)29-22(18(4)30)25(33)28-20(12-14-26)23(31)17(2)3/h17-22,27,30H,5-16,26H2,1-4H3,(H,28,33)(H,29,32)/t18?,19?,20-,21?,22-/m0/s1. The topological polar surface area (TPSA) is 134 Å². The van der Waals surface area contributed by atoms with Crippen LogP contribution in [-0.2, 0) is 14.4 Å². The van der Waals surface area contributed by atoms with Gasteiger partial charge in [0.05, 0.1) is 18.2 Å². The molecule has 8 heteroatoms. The molecule has 0 aliphatic carbocycles. The van der Waals surface area contributed by atoms with Crippen molar-refractivity contribution in [3.8, 4) is 0 Å². The summed E-state index contributed by atoms with van der Waals surface area (Å²) in [7, 11) is 0. The molecule has 1 aliphatic rings. The molecule has 0 saturated carbocycles. The number of carbonyl (C=O) groups excluding carboxylic acids is 3. The zero-order valence-electron chi connectivity index (χ0n) is 21.2. The van der Waals surface area contributed by atoms with Crippen molar-refractivity contribution < 1.29 is 19.5 Å². The van der Waals surface area contributed by atoms with Crippen LogP contribution in [-0.4, -0.2) is 60.0 Å². The number of hydrogen-bond acceptors (Lipinski definition) is 6. The Hall–Kier alpha value is -1.51. The molecule has 0 bridgehead atoms. The van der Waals surface area contributed by atoms with Gasteiger partial charge in [-0.25, -0.2) is 0 Å². The van der Waals surface area contributed by atoms with Gasteiger partial charge < -0.3 is 26.8 Å². The van der Waals surface area contributed by atoms with Gasteiger partial charge in [0.1, 0.15) is 6.04 Å². The molecule has 0 aromatic heterocycles. The van der Waals surface area contributed by atoms with Gasteiger partial charge in [-0.3, -0.25) is 14.4 Å². The highest BCUT2D eigenvalue weighted by Crippen LogP contribution is 2.23. The maximum absolute atomic E-state index is 12.9. The van der Waals surface area contributed by atoms with Gasteiger partial charge in [-0.2, -0.15) is 0 Å². The average molecular weight is 469 g/mol. The quantitative estimate of drug-likeness (QED) is 0.220. The summed E-state index contributed by atoms with van der Waals surface area (Å²) < 4.78 is 0. The van der Waals surface area contributed by atoms with E-state index in [1.54, 1.807) is 13.8 Å². The van der Waals surface area contributed by atoms with Crippen molar-refractivity contribution in [3.05, 3.63) is 0 Å². The van der Waals surface area contributed by atoms with E-state index in [0.29, 0.717) is 12.3 Å². The lowest BCUT2D eigenvalue weighted by atomic mass is 9.87. The van der Waals surface area contributed by atoms with Crippen LogP contribution < -0.4 is 21.7 Å². The molecule has 0 spiro atoms. The van der Waals surface area contributed by atoms with Gasteiger partial charge in [-0.1, -0.05) is 65.7 Å². The number of hydrogen-bond donors (Lipinski definition) is 5. The van der Waals surface area contributed by atoms with Crippen molar-refractivity contribution in [3.63, 3.8) is 0 Å². The van der Waals surface area contributed by atoms with E-state index in [0.717, 1.165) is 25.8 Å². The predicted molar refractivity (Wildman–Crippen MR) is 132 cm³/mol. The van der Waals surface area contributed by atoms with E-state index in [4.69, 9.17) is 5.73 Å². The fourth-order valence-electron chi connectivity index (χ4n) is 4.45. The minimum atomic E-state index is -1.13. The number of unbranched alkanes of at least 4 members (excludes halogenated alkanes) is 5. The molecular weight excluding hydrogens is 420 g/mol. The third-order valence-corrected chi connectivity index (χ3v) is 6.54. The highest BCUT2D eigenvalue weighted by Gasteiger charge is 2.33. The molecule has 0 aromatic carbocycles. The van der Waals surface area contributed by atoms with E-state index in [-0.39, 0.29) is 30.2 Å². The second-order valence-electron chi connectivity index (χ2n) is 9.88. The average Bonchev–Trinajstić information content (AvgIpc) is 2.78. The number of carbonyl (C=O) groups is 3. The van der Waals surface area contributed by atoms with E-state index in [9.17, 15) is 19.5 Å². The predicted octanol–water partition coefficient (Wildman–Crippen LogP) is 2.03. The molecular formula is C25H48N4O4. The van der Waals surface area contributed by atoms with Crippen molar-refractivity contribution in [1.82, 2.24) is 16.0 Å². The van der Waals surface area contributed by atoms with E-state index in [2.05, 4.69) is 22.9 Å². The van der Waals surface area contributed by atoms with Crippen LogP contribution in [0.15, 0.2) is 0 Å². The molecule has 1 heterocycles. The molecule has 1 aliphatic heterocycles. The Labute approximate surface area is 200 Å². The van der Waals surface area contributed by atoms with Gasteiger partial charge in [0.2, 0.25) is 11.8 Å². The van der Waals surface area contributed by atoms with Crippen molar-refractivity contribution in [2.24, 2.45) is 17.6 Å².